The molecule has 6 nitrogen and oxygen atoms in total. The summed E-state index contributed by atoms with van der Waals surface area (Å²) in [7, 11) is 3.96. The van der Waals surface area contributed by atoms with Crippen LogP contribution in [0.3, 0.4) is 0 Å². The summed E-state index contributed by atoms with van der Waals surface area (Å²) in [5.41, 5.74) is 5.52. The van der Waals surface area contributed by atoms with Crippen LogP contribution in [0.15, 0.2) is 0 Å². The molecule has 2 atom stereocenters. The van der Waals surface area contributed by atoms with Crippen molar-refractivity contribution in [3.8, 4) is 0 Å². The first kappa shape index (κ1) is 22.4. The average molecular weight is 369 g/mol. The zero-order valence-electron chi connectivity index (χ0n) is 14.2. The van der Waals surface area contributed by atoms with E-state index in [0.29, 0.717) is 32.0 Å². The van der Waals surface area contributed by atoms with Crippen molar-refractivity contribution in [3.63, 3.8) is 0 Å². The Balaban J connectivity index is 0.00000242. The van der Waals surface area contributed by atoms with Crippen LogP contribution in [0.2, 0.25) is 0 Å². The van der Waals surface area contributed by atoms with Gasteiger partial charge in [-0.25, -0.2) is 0 Å². The summed E-state index contributed by atoms with van der Waals surface area (Å²) in [6, 6.07) is 0. The molecule has 0 aromatic heterocycles. The molecule has 1 saturated carbocycles. The maximum atomic E-state index is 12.4. The predicted molar refractivity (Wildman–Crippen MR) is 96.1 cm³/mol. The van der Waals surface area contributed by atoms with Gasteiger partial charge in [0, 0.05) is 32.6 Å². The summed E-state index contributed by atoms with van der Waals surface area (Å²) < 4.78 is 0. The van der Waals surface area contributed by atoms with Gasteiger partial charge in [-0.3, -0.25) is 9.59 Å². The second-order valence-electron chi connectivity index (χ2n) is 6.93. The molecule has 2 aliphatic rings. The Morgan fingerprint density at radius 2 is 2.00 bits per heavy atom. The number of likely N-dealkylation sites (N-methyl/N-ethyl adjacent to an activating group) is 1. The Hall–Kier alpha value is -0.560. The van der Waals surface area contributed by atoms with Crippen molar-refractivity contribution in [2.45, 2.75) is 31.7 Å². The minimum Gasteiger partial charge on any atom is -0.349 e. The standard InChI is InChI=1S/C15H28N4O2.2ClH/c1-15(10-16,12-4-5-12)17-14(21)11-8-13(20)19(9-11)7-6-18(2)3;;/h11-12H,4-10,16H2,1-3H3,(H,17,21);2*1H. The minimum atomic E-state index is -0.308. The molecule has 1 aliphatic carbocycles. The average Bonchev–Trinajstić information content (AvgIpc) is 3.21. The highest BCUT2D eigenvalue weighted by Crippen LogP contribution is 2.39. The van der Waals surface area contributed by atoms with Crippen LogP contribution in [-0.2, 0) is 9.59 Å². The van der Waals surface area contributed by atoms with Gasteiger partial charge in [0.1, 0.15) is 0 Å². The number of carbonyl (C=O) groups is 2. The quantitative estimate of drug-likeness (QED) is 0.685. The molecule has 136 valence electrons. The fraction of sp³-hybridized carbons (Fsp3) is 0.867. The van der Waals surface area contributed by atoms with Gasteiger partial charge >= 0.3 is 0 Å². The normalized spacial score (nSPS) is 23.1. The number of nitrogens with one attached hydrogen (secondary N) is 1. The van der Waals surface area contributed by atoms with Crippen LogP contribution in [0.5, 0.6) is 0 Å². The van der Waals surface area contributed by atoms with E-state index >= 15 is 0 Å². The van der Waals surface area contributed by atoms with Crippen LogP contribution >= 0.6 is 24.8 Å². The Kier molecular flexibility index (Phi) is 8.84. The molecule has 1 heterocycles. The van der Waals surface area contributed by atoms with Crippen molar-refractivity contribution in [3.05, 3.63) is 0 Å². The van der Waals surface area contributed by atoms with E-state index in [-0.39, 0.29) is 48.1 Å². The van der Waals surface area contributed by atoms with Gasteiger partial charge in [-0.1, -0.05) is 0 Å². The van der Waals surface area contributed by atoms with Crippen molar-refractivity contribution in [2.75, 3.05) is 40.3 Å². The largest absolute Gasteiger partial charge is 0.349 e. The smallest absolute Gasteiger partial charge is 0.225 e. The zero-order chi connectivity index (χ0) is 15.6. The van der Waals surface area contributed by atoms with Gasteiger partial charge in [0.05, 0.1) is 11.5 Å². The SMILES string of the molecule is CN(C)CCN1CC(C(=O)NC(C)(CN)C2CC2)CC1=O.Cl.Cl. The van der Waals surface area contributed by atoms with Crippen LogP contribution in [0.4, 0.5) is 0 Å². The highest BCUT2D eigenvalue weighted by Gasteiger charge is 2.43. The summed E-state index contributed by atoms with van der Waals surface area (Å²) in [5.74, 6) is 0.325. The van der Waals surface area contributed by atoms with Gasteiger partial charge in [-0.2, -0.15) is 0 Å². The van der Waals surface area contributed by atoms with Gasteiger partial charge in [-0.15, -0.1) is 24.8 Å². The van der Waals surface area contributed by atoms with Crippen molar-refractivity contribution >= 4 is 36.6 Å². The first-order valence-corrected chi connectivity index (χ1v) is 7.80. The number of hydrogen-bond acceptors (Lipinski definition) is 4. The number of likely N-dealkylation sites (tertiary alicyclic amines) is 1. The number of amides is 2. The number of carbonyl (C=O) groups excluding carboxylic acids is 2. The first-order chi connectivity index (χ1) is 9.85. The summed E-state index contributed by atoms with van der Waals surface area (Å²) >= 11 is 0. The minimum absolute atomic E-state index is 0. The maximum absolute atomic E-state index is 12.4. The molecule has 0 aromatic carbocycles. The molecule has 2 fully saturated rings. The van der Waals surface area contributed by atoms with Crippen molar-refractivity contribution in [1.82, 2.24) is 15.1 Å². The van der Waals surface area contributed by atoms with Gasteiger partial charge in [0.25, 0.3) is 0 Å². The topological polar surface area (TPSA) is 78.7 Å². The molecule has 0 radical (unpaired) electrons. The molecule has 8 heteroatoms. The van der Waals surface area contributed by atoms with Gasteiger partial charge in [-0.05, 0) is 39.8 Å². The molecule has 2 amide bonds. The zero-order valence-corrected chi connectivity index (χ0v) is 15.8. The third kappa shape index (κ3) is 5.78. The van der Waals surface area contributed by atoms with E-state index in [0.717, 1.165) is 19.4 Å². The van der Waals surface area contributed by atoms with Crippen LogP contribution in [0.25, 0.3) is 0 Å². The van der Waals surface area contributed by atoms with E-state index in [1.165, 1.54) is 0 Å². The second kappa shape index (κ2) is 9.06. The number of rotatable bonds is 7. The molecule has 2 unspecified atom stereocenters. The third-order valence-electron chi connectivity index (χ3n) is 4.71. The lowest BCUT2D eigenvalue weighted by Crippen LogP contribution is -2.54. The van der Waals surface area contributed by atoms with Crippen molar-refractivity contribution in [1.29, 1.82) is 0 Å². The molecule has 0 aromatic rings. The molecule has 2 rings (SSSR count). The molecule has 0 spiro atoms. The van der Waals surface area contributed by atoms with E-state index < -0.39 is 0 Å². The third-order valence-corrected chi connectivity index (χ3v) is 4.71. The van der Waals surface area contributed by atoms with Crippen molar-refractivity contribution < 1.29 is 9.59 Å². The molecule has 23 heavy (non-hydrogen) atoms. The summed E-state index contributed by atoms with van der Waals surface area (Å²) in [6.45, 7) is 4.51. The summed E-state index contributed by atoms with van der Waals surface area (Å²) in [6.07, 6.45) is 2.59. The Labute approximate surface area is 151 Å². The van der Waals surface area contributed by atoms with E-state index in [9.17, 15) is 9.59 Å². The number of nitrogens with two attached hydrogens (primary N) is 1. The molecular formula is C15H30Cl2N4O2. The Morgan fingerprint density at radius 1 is 1.39 bits per heavy atom. The fourth-order valence-corrected chi connectivity index (χ4v) is 2.91. The lowest BCUT2D eigenvalue weighted by atomic mass is 9.94. The Morgan fingerprint density at radius 3 is 2.48 bits per heavy atom. The lowest BCUT2D eigenvalue weighted by molar-refractivity contribution is -0.129. The molecule has 3 N–H and O–H groups in total. The van der Waals surface area contributed by atoms with Crippen LogP contribution in [0.1, 0.15) is 26.2 Å². The van der Waals surface area contributed by atoms with Crippen LogP contribution in [-0.4, -0.2) is 67.4 Å². The van der Waals surface area contributed by atoms with Crippen LogP contribution < -0.4 is 11.1 Å². The van der Waals surface area contributed by atoms with E-state index in [2.05, 4.69) is 5.32 Å². The highest BCUT2D eigenvalue weighted by atomic mass is 35.5. The molecule has 1 aliphatic heterocycles. The summed E-state index contributed by atoms with van der Waals surface area (Å²) in [4.78, 5) is 28.2. The van der Waals surface area contributed by atoms with Gasteiger partial charge in [0.15, 0.2) is 0 Å². The number of hydrogen-bond donors (Lipinski definition) is 2. The molecular weight excluding hydrogens is 339 g/mol. The monoisotopic (exact) mass is 368 g/mol. The predicted octanol–water partition coefficient (Wildman–Crippen LogP) is 0.484. The number of nitrogens with zero attached hydrogens (tertiary/aromatic N) is 2. The van der Waals surface area contributed by atoms with Gasteiger partial charge < -0.3 is 20.9 Å². The van der Waals surface area contributed by atoms with E-state index in [4.69, 9.17) is 5.73 Å². The Bertz CT molecular complexity index is 418. The van der Waals surface area contributed by atoms with E-state index in [1.807, 2.05) is 25.9 Å². The number of halogens is 2. The molecule has 1 saturated heterocycles. The van der Waals surface area contributed by atoms with Crippen molar-refractivity contribution in [2.24, 2.45) is 17.6 Å². The molecule has 0 bridgehead atoms. The first-order valence-electron chi connectivity index (χ1n) is 7.80. The van der Waals surface area contributed by atoms with E-state index in [1.54, 1.807) is 4.90 Å². The maximum Gasteiger partial charge on any atom is 0.225 e. The second-order valence-corrected chi connectivity index (χ2v) is 6.93. The van der Waals surface area contributed by atoms with Crippen LogP contribution in [0, 0.1) is 11.8 Å². The lowest BCUT2D eigenvalue weighted by Gasteiger charge is -2.30. The van der Waals surface area contributed by atoms with Gasteiger partial charge in [0.2, 0.25) is 11.8 Å². The highest BCUT2D eigenvalue weighted by molar-refractivity contribution is 5.89. The summed E-state index contributed by atoms with van der Waals surface area (Å²) in [5, 5.41) is 3.10. The fourth-order valence-electron chi connectivity index (χ4n) is 2.91.